The molecular formula is C16H20N2S. The number of hydrogen-bond acceptors (Lipinski definition) is 3. The highest BCUT2D eigenvalue weighted by molar-refractivity contribution is 7.07. The first-order valence-electron chi connectivity index (χ1n) is 6.91. The molecule has 0 fully saturated rings. The Labute approximate surface area is 118 Å². The van der Waals surface area contributed by atoms with Crippen molar-refractivity contribution in [2.24, 2.45) is 5.73 Å². The van der Waals surface area contributed by atoms with Gasteiger partial charge < -0.3 is 5.73 Å². The van der Waals surface area contributed by atoms with Crippen molar-refractivity contribution in [3.05, 3.63) is 57.8 Å². The summed E-state index contributed by atoms with van der Waals surface area (Å²) in [7, 11) is 0. The van der Waals surface area contributed by atoms with Gasteiger partial charge in [-0.15, -0.1) is 0 Å². The Bertz CT molecular complexity index is 494. The van der Waals surface area contributed by atoms with Crippen LogP contribution in [0.5, 0.6) is 0 Å². The third kappa shape index (κ3) is 2.73. The van der Waals surface area contributed by atoms with Gasteiger partial charge in [-0.3, -0.25) is 4.90 Å². The minimum Gasteiger partial charge on any atom is -0.329 e. The van der Waals surface area contributed by atoms with Crippen LogP contribution < -0.4 is 5.73 Å². The Morgan fingerprint density at radius 2 is 1.79 bits per heavy atom. The average molecular weight is 272 g/mol. The van der Waals surface area contributed by atoms with E-state index in [4.69, 9.17) is 5.73 Å². The van der Waals surface area contributed by atoms with Crippen LogP contribution in [0, 0.1) is 0 Å². The molecule has 0 bridgehead atoms. The zero-order valence-corrected chi connectivity index (χ0v) is 11.9. The van der Waals surface area contributed by atoms with Gasteiger partial charge in [-0.1, -0.05) is 24.3 Å². The average Bonchev–Trinajstić information content (AvgIpc) is 2.88. The number of fused-ring (bicyclic) bond motifs is 1. The van der Waals surface area contributed by atoms with Crippen molar-refractivity contribution in [3.8, 4) is 0 Å². The lowest BCUT2D eigenvalue weighted by atomic mass is 10.0. The molecule has 2 aromatic rings. The SMILES string of the molecule is NCC(c1ccsc1)N1CCc2ccccc2CC1. The number of rotatable bonds is 3. The van der Waals surface area contributed by atoms with Crippen LogP contribution in [0.4, 0.5) is 0 Å². The standard InChI is InChI=1S/C16H20N2S/c17-11-16(15-7-10-19-12-15)18-8-5-13-3-1-2-4-14(13)6-9-18/h1-4,7,10,12,16H,5-6,8-9,11,17H2. The topological polar surface area (TPSA) is 29.3 Å². The summed E-state index contributed by atoms with van der Waals surface area (Å²) in [6.07, 6.45) is 2.27. The predicted molar refractivity (Wildman–Crippen MR) is 81.5 cm³/mol. The largest absolute Gasteiger partial charge is 0.329 e. The number of hydrogen-bond donors (Lipinski definition) is 1. The first-order valence-corrected chi connectivity index (χ1v) is 7.86. The van der Waals surface area contributed by atoms with Crippen molar-refractivity contribution < 1.29 is 0 Å². The van der Waals surface area contributed by atoms with Crippen LogP contribution >= 0.6 is 11.3 Å². The monoisotopic (exact) mass is 272 g/mol. The van der Waals surface area contributed by atoms with Gasteiger partial charge in [-0.05, 0) is 46.4 Å². The molecule has 2 N–H and O–H groups in total. The fourth-order valence-electron chi connectivity index (χ4n) is 2.96. The number of nitrogens with two attached hydrogens (primary N) is 1. The summed E-state index contributed by atoms with van der Waals surface area (Å²) < 4.78 is 0. The third-order valence-corrected chi connectivity index (χ3v) is 4.75. The van der Waals surface area contributed by atoms with Crippen molar-refractivity contribution in [1.82, 2.24) is 4.90 Å². The summed E-state index contributed by atoms with van der Waals surface area (Å²) in [5, 5.41) is 4.38. The normalized spacial score (nSPS) is 17.7. The molecule has 100 valence electrons. The van der Waals surface area contributed by atoms with Gasteiger partial charge in [0, 0.05) is 25.7 Å². The third-order valence-electron chi connectivity index (χ3n) is 4.05. The fourth-order valence-corrected chi connectivity index (χ4v) is 3.66. The van der Waals surface area contributed by atoms with Crippen molar-refractivity contribution >= 4 is 11.3 Å². The van der Waals surface area contributed by atoms with Crippen molar-refractivity contribution in [3.63, 3.8) is 0 Å². The van der Waals surface area contributed by atoms with E-state index >= 15 is 0 Å². The van der Waals surface area contributed by atoms with E-state index in [-0.39, 0.29) is 0 Å². The molecule has 1 aliphatic heterocycles. The zero-order chi connectivity index (χ0) is 13.1. The molecule has 1 unspecified atom stereocenters. The second kappa shape index (κ2) is 5.87. The lowest BCUT2D eigenvalue weighted by molar-refractivity contribution is 0.212. The second-order valence-corrected chi connectivity index (χ2v) is 5.89. The molecule has 0 saturated carbocycles. The van der Waals surface area contributed by atoms with E-state index in [9.17, 15) is 0 Å². The maximum Gasteiger partial charge on any atom is 0.0478 e. The smallest absolute Gasteiger partial charge is 0.0478 e. The molecule has 1 aromatic carbocycles. The molecule has 1 aliphatic rings. The number of benzene rings is 1. The summed E-state index contributed by atoms with van der Waals surface area (Å²) >= 11 is 1.76. The summed E-state index contributed by atoms with van der Waals surface area (Å²) in [6, 6.07) is 11.4. The van der Waals surface area contributed by atoms with Gasteiger partial charge in [0.1, 0.15) is 0 Å². The minimum absolute atomic E-state index is 0.376. The van der Waals surface area contributed by atoms with Crippen LogP contribution in [0.2, 0.25) is 0 Å². The molecule has 3 rings (SSSR count). The van der Waals surface area contributed by atoms with Crippen molar-refractivity contribution in [2.75, 3.05) is 19.6 Å². The Kier molecular flexibility index (Phi) is 3.97. The number of nitrogens with zero attached hydrogens (tertiary/aromatic N) is 1. The van der Waals surface area contributed by atoms with Crippen molar-refractivity contribution in [2.45, 2.75) is 18.9 Å². The summed E-state index contributed by atoms with van der Waals surface area (Å²) in [5.41, 5.74) is 10.4. The molecule has 19 heavy (non-hydrogen) atoms. The fraction of sp³-hybridized carbons (Fsp3) is 0.375. The van der Waals surface area contributed by atoms with E-state index in [1.165, 1.54) is 16.7 Å². The molecule has 0 aliphatic carbocycles. The zero-order valence-electron chi connectivity index (χ0n) is 11.1. The molecule has 2 heterocycles. The van der Waals surface area contributed by atoms with Gasteiger partial charge in [0.15, 0.2) is 0 Å². The van der Waals surface area contributed by atoms with Crippen LogP contribution in [-0.4, -0.2) is 24.5 Å². The Morgan fingerprint density at radius 3 is 2.32 bits per heavy atom. The van der Waals surface area contributed by atoms with Crippen LogP contribution in [0.3, 0.4) is 0 Å². The Hall–Kier alpha value is -1.16. The molecule has 0 radical (unpaired) electrons. The van der Waals surface area contributed by atoms with Gasteiger partial charge in [0.05, 0.1) is 0 Å². The predicted octanol–water partition coefficient (Wildman–Crippen LogP) is 2.85. The summed E-state index contributed by atoms with van der Waals surface area (Å²) in [4.78, 5) is 2.54. The molecule has 2 nitrogen and oxygen atoms in total. The highest BCUT2D eigenvalue weighted by Gasteiger charge is 2.21. The Morgan fingerprint density at radius 1 is 1.11 bits per heavy atom. The molecule has 0 spiro atoms. The van der Waals surface area contributed by atoms with E-state index in [1.807, 2.05) is 0 Å². The maximum absolute atomic E-state index is 6.01. The first kappa shape index (κ1) is 12.9. The van der Waals surface area contributed by atoms with Gasteiger partial charge in [0.25, 0.3) is 0 Å². The molecule has 0 saturated heterocycles. The first-order chi connectivity index (χ1) is 9.38. The van der Waals surface area contributed by atoms with Crippen molar-refractivity contribution in [1.29, 1.82) is 0 Å². The molecular weight excluding hydrogens is 252 g/mol. The summed E-state index contributed by atoms with van der Waals surface area (Å²) in [5.74, 6) is 0. The maximum atomic E-state index is 6.01. The van der Waals surface area contributed by atoms with Gasteiger partial charge in [0.2, 0.25) is 0 Å². The second-order valence-electron chi connectivity index (χ2n) is 5.11. The molecule has 1 aromatic heterocycles. The van der Waals surface area contributed by atoms with Crippen LogP contribution in [-0.2, 0) is 12.8 Å². The van der Waals surface area contributed by atoms with E-state index in [0.717, 1.165) is 25.9 Å². The van der Waals surface area contributed by atoms with Gasteiger partial charge in [-0.25, -0.2) is 0 Å². The van der Waals surface area contributed by atoms with Crippen LogP contribution in [0.1, 0.15) is 22.7 Å². The molecule has 3 heteroatoms. The number of thiophene rings is 1. The minimum atomic E-state index is 0.376. The van der Waals surface area contributed by atoms with Gasteiger partial charge in [-0.2, -0.15) is 11.3 Å². The molecule has 1 atom stereocenters. The lowest BCUT2D eigenvalue weighted by Gasteiger charge is -2.29. The molecule has 0 amide bonds. The highest BCUT2D eigenvalue weighted by Crippen LogP contribution is 2.25. The van der Waals surface area contributed by atoms with Crippen LogP contribution in [0.25, 0.3) is 0 Å². The van der Waals surface area contributed by atoms with E-state index in [2.05, 4.69) is 46.0 Å². The quantitative estimate of drug-likeness (QED) is 0.931. The highest BCUT2D eigenvalue weighted by atomic mass is 32.1. The van der Waals surface area contributed by atoms with Crippen LogP contribution in [0.15, 0.2) is 41.1 Å². The van der Waals surface area contributed by atoms with Gasteiger partial charge >= 0.3 is 0 Å². The Balaban J connectivity index is 1.77. The lowest BCUT2D eigenvalue weighted by Crippen LogP contribution is -2.35. The summed E-state index contributed by atoms with van der Waals surface area (Å²) in [6.45, 7) is 2.91. The van der Waals surface area contributed by atoms with E-state index < -0.39 is 0 Å². The van der Waals surface area contributed by atoms with E-state index in [1.54, 1.807) is 11.3 Å². The van der Waals surface area contributed by atoms with E-state index in [0.29, 0.717) is 12.6 Å².